The summed E-state index contributed by atoms with van der Waals surface area (Å²) >= 11 is 11.8. The number of fused-ring (bicyclic) bond motifs is 2. The molecule has 0 aromatic carbocycles. The Morgan fingerprint density at radius 1 is 0.594 bits per heavy atom. The van der Waals surface area contributed by atoms with Gasteiger partial charge in [0.05, 0.1) is 33.4 Å². The first-order valence-corrected chi connectivity index (χ1v) is 24.3. The van der Waals surface area contributed by atoms with E-state index in [1.807, 2.05) is 73.0 Å². The van der Waals surface area contributed by atoms with Crippen LogP contribution in [-0.4, -0.2) is 163 Å². The minimum absolute atomic E-state index is 0.271. The lowest BCUT2D eigenvalue weighted by Crippen LogP contribution is -2.41. The second kappa shape index (κ2) is 28.8. The number of H-pyrrole nitrogens is 2. The Hall–Kier alpha value is -4.77. The lowest BCUT2D eigenvalue weighted by Gasteiger charge is -2.30. The Morgan fingerprint density at radius 2 is 1.01 bits per heavy atom. The molecule has 0 aliphatic carbocycles. The van der Waals surface area contributed by atoms with E-state index in [1.165, 1.54) is 0 Å². The number of hydrogen-bond acceptors (Lipinski definition) is 16. The molecule has 21 heteroatoms. The third-order valence-corrected chi connectivity index (χ3v) is 11.2. The molecule has 8 heterocycles. The topological polar surface area (TPSA) is 202 Å². The van der Waals surface area contributed by atoms with Gasteiger partial charge in [-0.1, -0.05) is 0 Å². The molecule has 1 fully saturated rings. The number of halogens is 3. The Labute approximate surface area is 427 Å². The summed E-state index contributed by atoms with van der Waals surface area (Å²) < 4.78 is 24.6. The summed E-state index contributed by atoms with van der Waals surface area (Å²) in [7, 11) is 12.2. The number of rotatable bonds is 15. The zero-order chi connectivity index (χ0) is 50.4. The Morgan fingerprint density at radius 3 is 1.46 bits per heavy atom. The quantitative estimate of drug-likeness (QED) is 0.0648. The van der Waals surface area contributed by atoms with E-state index in [0.717, 1.165) is 86.6 Å². The summed E-state index contributed by atoms with van der Waals surface area (Å²) in [5.74, 6) is 0. The van der Waals surface area contributed by atoms with Gasteiger partial charge in [-0.2, -0.15) is 0 Å². The highest BCUT2D eigenvalue weighted by Gasteiger charge is 2.49. The predicted octanol–water partition coefficient (Wildman–Crippen LogP) is 8.91. The number of nitrogens with zero attached hydrogens (tertiary/aromatic N) is 11. The van der Waals surface area contributed by atoms with Crippen molar-refractivity contribution in [2.75, 3.05) is 81.7 Å². The minimum Gasteiger partial charge on any atom is -0.463 e. The van der Waals surface area contributed by atoms with Crippen LogP contribution in [-0.2, 0) is 9.47 Å². The maximum Gasteiger partial charge on any atom is 0.316 e. The number of aromatic amines is 2. The second-order valence-electron chi connectivity index (χ2n) is 17.4. The van der Waals surface area contributed by atoms with Gasteiger partial charge in [0.25, 0.3) is 0 Å². The van der Waals surface area contributed by atoms with Crippen LogP contribution in [0.2, 0.25) is 5.28 Å². The maximum atomic E-state index is 8.29. The first kappa shape index (κ1) is 56.8. The molecule has 18 nitrogen and oxygen atoms in total. The maximum absolute atomic E-state index is 8.29. The summed E-state index contributed by atoms with van der Waals surface area (Å²) in [6.45, 7) is 12.8. The molecule has 1 saturated heterocycles. The Bertz CT molecular complexity index is 2470. The molecule has 7 aromatic heterocycles. The monoisotopic (exact) mass is 1100 g/mol. The fraction of sp³-hybridized carbons (Fsp3) is 0.458. The molecular weight excluding hydrogens is 1030 g/mol. The Balaban J connectivity index is 0.000000199. The molecule has 374 valence electrons. The van der Waals surface area contributed by atoms with E-state index < -0.39 is 0 Å². The molecule has 8 rings (SSSR count). The number of hydrogen-bond donors (Lipinski definition) is 3. The van der Waals surface area contributed by atoms with E-state index in [-0.39, 0.29) is 22.8 Å². The molecule has 3 N–H and O–H groups in total. The van der Waals surface area contributed by atoms with Crippen molar-refractivity contribution in [3.63, 3.8) is 0 Å². The van der Waals surface area contributed by atoms with Gasteiger partial charge in [-0.15, -0.1) is 0 Å². The van der Waals surface area contributed by atoms with Crippen molar-refractivity contribution in [2.24, 2.45) is 0 Å². The van der Waals surface area contributed by atoms with Crippen molar-refractivity contribution in [2.45, 2.75) is 64.4 Å². The lowest BCUT2D eigenvalue weighted by atomic mass is 9.90. The van der Waals surface area contributed by atoms with Crippen LogP contribution >= 0.6 is 43.5 Å². The third-order valence-electron chi connectivity index (χ3n) is 10.2. The van der Waals surface area contributed by atoms with Crippen molar-refractivity contribution < 1.29 is 24.1 Å². The number of aromatic nitrogens is 10. The van der Waals surface area contributed by atoms with Gasteiger partial charge < -0.3 is 48.7 Å². The average molecular weight is 1100 g/mol. The Kier molecular flexibility index (Phi) is 23.7. The van der Waals surface area contributed by atoms with Gasteiger partial charge in [0.1, 0.15) is 11.3 Å². The van der Waals surface area contributed by atoms with Crippen molar-refractivity contribution >= 4 is 65.5 Å². The van der Waals surface area contributed by atoms with E-state index in [0.29, 0.717) is 31.8 Å². The molecule has 1 aliphatic heterocycles. The zero-order valence-corrected chi connectivity index (χ0v) is 45.1. The van der Waals surface area contributed by atoms with E-state index >= 15 is 0 Å². The van der Waals surface area contributed by atoms with E-state index in [2.05, 4.69) is 136 Å². The van der Waals surface area contributed by atoms with E-state index in [4.69, 9.17) is 35.7 Å². The molecule has 0 atom stereocenters. The summed E-state index contributed by atoms with van der Waals surface area (Å²) in [5, 5.41) is 10.7. The molecule has 0 bridgehead atoms. The molecule has 0 radical (unpaired) electrons. The van der Waals surface area contributed by atoms with Crippen LogP contribution in [0, 0.1) is 0 Å². The highest BCUT2D eigenvalue weighted by Crippen LogP contribution is 2.44. The van der Waals surface area contributed by atoms with Crippen LogP contribution in [0.5, 0.6) is 12.0 Å². The summed E-state index contributed by atoms with van der Waals surface area (Å²) in [6, 6.07) is 8.97. The lowest BCUT2D eigenvalue weighted by molar-refractivity contribution is -0.0896. The molecule has 0 amide bonds. The second-order valence-corrected chi connectivity index (χ2v) is 19.6. The van der Waals surface area contributed by atoms with Crippen molar-refractivity contribution in [3.8, 4) is 23.1 Å². The first-order chi connectivity index (χ1) is 32.8. The zero-order valence-electron chi connectivity index (χ0n) is 41.2. The molecule has 0 saturated carbocycles. The number of pyridine rings is 2. The van der Waals surface area contributed by atoms with Crippen LogP contribution in [0.4, 0.5) is 0 Å². The number of nitrogens with one attached hydrogen (secondary N) is 2. The van der Waals surface area contributed by atoms with E-state index in [9.17, 15) is 0 Å². The van der Waals surface area contributed by atoms with Gasteiger partial charge in [-0.3, -0.25) is 0 Å². The predicted molar refractivity (Wildman–Crippen MR) is 278 cm³/mol. The summed E-state index contributed by atoms with van der Waals surface area (Å²) in [4.78, 5) is 45.1. The van der Waals surface area contributed by atoms with Crippen molar-refractivity contribution in [3.05, 3.63) is 106 Å². The third kappa shape index (κ3) is 20.2. The molecule has 0 unspecified atom stereocenters. The number of aliphatic hydroxyl groups excluding tert-OH is 1. The number of aliphatic hydroxyl groups is 1. The molecule has 69 heavy (non-hydrogen) atoms. The summed E-state index contributed by atoms with van der Waals surface area (Å²) in [6.07, 6.45) is 19.9. The number of ether oxygens (including phenoxy) is 4. The van der Waals surface area contributed by atoms with Gasteiger partial charge in [0, 0.05) is 109 Å². The van der Waals surface area contributed by atoms with Gasteiger partial charge >= 0.3 is 12.0 Å². The van der Waals surface area contributed by atoms with Crippen LogP contribution in [0.15, 0.2) is 95.2 Å². The smallest absolute Gasteiger partial charge is 0.316 e. The van der Waals surface area contributed by atoms with Crippen LogP contribution in [0.3, 0.4) is 0 Å². The van der Waals surface area contributed by atoms with Gasteiger partial charge in [0.2, 0.25) is 5.28 Å². The van der Waals surface area contributed by atoms with E-state index in [1.54, 1.807) is 43.4 Å². The largest absolute Gasteiger partial charge is 0.463 e. The fourth-order valence-electron chi connectivity index (χ4n) is 5.85. The van der Waals surface area contributed by atoms with Gasteiger partial charge in [-0.05, 0) is 164 Å². The molecular formula is C48H66Br2ClN13O5. The van der Waals surface area contributed by atoms with Crippen molar-refractivity contribution in [1.29, 1.82) is 0 Å². The fourth-order valence-corrected chi connectivity index (χ4v) is 6.36. The van der Waals surface area contributed by atoms with Crippen LogP contribution < -0.4 is 9.47 Å². The normalized spacial score (nSPS) is 13.8. The van der Waals surface area contributed by atoms with Gasteiger partial charge in [-0.25, -0.2) is 39.9 Å². The van der Waals surface area contributed by atoms with Crippen molar-refractivity contribution in [1.82, 2.24) is 64.5 Å². The molecule has 7 aromatic rings. The SMILES string of the molecule is CC1(C)OC(c2cnc3[nH]ccc3c2)OC1(C)C.CN(C)CCCO.CN(C)CCCOc1ncc(-c2cnc3[nH]ccc3c2)cn1.CN(C)CCCOc1ncc(Br)cn1.Clc1ncc(Br)cn1. The highest BCUT2D eigenvalue weighted by molar-refractivity contribution is 9.10. The van der Waals surface area contributed by atoms with Crippen LogP contribution in [0.25, 0.3) is 33.2 Å². The molecule has 1 aliphatic rings. The highest BCUT2D eigenvalue weighted by atomic mass is 79.9. The van der Waals surface area contributed by atoms with Gasteiger partial charge in [0.15, 0.2) is 6.29 Å². The average Bonchev–Trinajstić information content (AvgIpc) is 4.05. The van der Waals surface area contributed by atoms with Crippen LogP contribution in [0.1, 0.15) is 58.8 Å². The summed E-state index contributed by atoms with van der Waals surface area (Å²) in [5.41, 5.74) is 4.01. The molecule has 0 spiro atoms. The minimum atomic E-state index is -0.346. The first-order valence-electron chi connectivity index (χ1n) is 22.3. The standard InChI is InChI=1S/C16H19N5O.C14H18N2O2.C9H14BrN3O.C5H13NO.C4H2BrClN2/c1-21(2)6-3-7-22-16-19-10-14(11-20-16)13-8-12-4-5-17-15(12)18-9-13;1-13(2)14(3,4)18-12(17-13)10-7-9-5-6-15-11(9)16-8-10;1-13(2)4-3-5-14-9-11-6-8(10)7-12-9;1-6(2)4-3-5-7;5-3-1-7-4(6)8-2-3/h4-5,8-11H,3,6-7H2,1-2H3,(H,17,18);5-8,12H,1-4H3,(H,15,16);6-7H,3-5H2,1-2H3;7H,3-5H2,1-2H3;1-2H.